The molecule has 0 spiro atoms. The second-order valence-electron chi connectivity index (χ2n) is 5.72. The fourth-order valence-corrected chi connectivity index (χ4v) is 2.34. The Bertz CT molecular complexity index is 468. The van der Waals surface area contributed by atoms with E-state index in [1.807, 2.05) is 0 Å². The molecule has 1 fully saturated rings. The SMILES string of the molecule is CCC=CCC=CCC=CCC=CCC=CCC=CCC1OC1S. The first kappa shape index (κ1) is 20.8. The van der Waals surface area contributed by atoms with Gasteiger partial charge in [0.25, 0.3) is 0 Å². The minimum absolute atomic E-state index is 0.170. The van der Waals surface area contributed by atoms with E-state index in [-0.39, 0.29) is 5.44 Å². The fraction of sp³-hybridized carbons (Fsp3) is 0.455. The van der Waals surface area contributed by atoms with Crippen molar-refractivity contribution in [3.8, 4) is 0 Å². The molecule has 1 aliphatic heterocycles. The number of allylic oxidation sites excluding steroid dienone is 11. The summed E-state index contributed by atoms with van der Waals surface area (Å²) in [5.74, 6) is 0. The largest absolute Gasteiger partial charge is 0.358 e. The molecule has 0 aromatic heterocycles. The van der Waals surface area contributed by atoms with Gasteiger partial charge in [0.2, 0.25) is 0 Å². The maximum absolute atomic E-state index is 5.22. The number of thiol groups is 1. The summed E-state index contributed by atoms with van der Waals surface area (Å²) >= 11 is 4.22. The Balaban J connectivity index is 1.90. The van der Waals surface area contributed by atoms with E-state index in [9.17, 15) is 0 Å². The van der Waals surface area contributed by atoms with Gasteiger partial charge in [0.1, 0.15) is 5.44 Å². The molecule has 1 nitrogen and oxygen atoms in total. The molecule has 1 aliphatic rings. The van der Waals surface area contributed by atoms with Crippen LogP contribution < -0.4 is 0 Å². The van der Waals surface area contributed by atoms with Gasteiger partial charge in [-0.3, -0.25) is 0 Å². The molecule has 132 valence electrons. The van der Waals surface area contributed by atoms with Crippen molar-refractivity contribution in [1.29, 1.82) is 0 Å². The molecule has 1 saturated heterocycles. The predicted octanol–water partition coefficient (Wildman–Crippen LogP) is 6.73. The number of rotatable bonds is 13. The lowest BCUT2D eigenvalue weighted by Gasteiger charge is -1.86. The van der Waals surface area contributed by atoms with Crippen molar-refractivity contribution in [2.24, 2.45) is 0 Å². The summed E-state index contributed by atoms with van der Waals surface area (Å²) in [7, 11) is 0. The highest BCUT2D eigenvalue weighted by molar-refractivity contribution is 7.81. The molecule has 1 rings (SSSR count). The predicted molar refractivity (Wildman–Crippen MR) is 110 cm³/mol. The Labute approximate surface area is 154 Å². The Morgan fingerprint density at radius 2 is 0.958 bits per heavy atom. The van der Waals surface area contributed by atoms with Crippen LogP contribution in [0, 0.1) is 0 Å². The average molecular weight is 345 g/mol. The van der Waals surface area contributed by atoms with Crippen molar-refractivity contribution in [2.45, 2.75) is 63.4 Å². The van der Waals surface area contributed by atoms with Gasteiger partial charge in [0.15, 0.2) is 0 Å². The Kier molecular flexibility index (Phi) is 13.2. The molecule has 0 amide bonds. The Morgan fingerprint density at radius 3 is 1.29 bits per heavy atom. The summed E-state index contributed by atoms with van der Waals surface area (Å²) in [6, 6.07) is 0. The Morgan fingerprint density at radius 1 is 0.625 bits per heavy atom. The third kappa shape index (κ3) is 13.2. The maximum Gasteiger partial charge on any atom is 0.127 e. The molecule has 24 heavy (non-hydrogen) atoms. The molecule has 0 aliphatic carbocycles. The van der Waals surface area contributed by atoms with Gasteiger partial charge in [-0.15, -0.1) is 12.6 Å². The number of epoxide rings is 1. The number of hydrogen-bond donors (Lipinski definition) is 1. The first-order chi connectivity index (χ1) is 11.8. The zero-order chi connectivity index (χ0) is 17.3. The molecular formula is C22H32OS. The van der Waals surface area contributed by atoms with Crippen LogP contribution in [0.2, 0.25) is 0 Å². The van der Waals surface area contributed by atoms with E-state index in [1.165, 1.54) is 0 Å². The van der Waals surface area contributed by atoms with Gasteiger partial charge in [-0.2, -0.15) is 0 Å². The first-order valence-corrected chi connectivity index (χ1v) is 9.59. The second-order valence-corrected chi connectivity index (χ2v) is 6.22. The third-order valence-corrected chi connectivity index (χ3v) is 3.97. The van der Waals surface area contributed by atoms with E-state index in [1.54, 1.807) is 0 Å². The van der Waals surface area contributed by atoms with E-state index >= 15 is 0 Å². The van der Waals surface area contributed by atoms with Gasteiger partial charge in [-0.25, -0.2) is 0 Å². The molecule has 2 unspecified atom stereocenters. The van der Waals surface area contributed by atoms with Crippen LogP contribution in [0.4, 0.5) is 0 Å². The van der Waals surface area contributed by atoms with Gasteiger partial charge in [-0.05, 0) is 44.9 Å². The van der Waals surface area contributed by atoms with Crippen molar-refractivity contribution in [3.63, 3.8) is 0 Å². The van der Waals surface area contributed by atoms with Crippen molar-refractivity contribution < 1.29 is 4.74 Å². The van der Waals surface area contributed by atoms with E-state index in [2.05, 4.69) is 92.5 Å². The highest BCUT2D eigenvalue weighted by atomic mass is 32.1. The van der Waals surface area contributed by atoms with E-state index < -0.39 is 0 Å². The molecular weight excluding hydrogens is 312 g/mol. The number of hydrogen-bond acceptors (Lipinski definition) is 2. The number of ether oxygens (including phenoxy) is 1. The van der Waals surface area contributed by atoms with Crippen LogP contribution in [-0.4, -0.2) is 11.5 Å². The van der Waals surface area contributed by atoms with E-state index in [0.29, 0.717) is 6.10 Å². The lowest BCUT2D eigenvalue weighted by molar-refractivity contribution is 0.402. The van der Waals surface area contributed by atoms with E-state index in [0.717, 1.165) is 44.9 Å². The molecule has 2 heteroatoms. The van der Waals surface area contributed by atoms with Gasteiger partial charge in [0.05, 0.1) is 6.10 Å². The second kappa shape index (κ2) is 15.3. The quantitative estimate of drug-likeness (QED) is 0.222. The molecule has 0 N–H and O–H groups in total. The summed E-state index contributed by atoms with van der Waals surface area (Å²) < 4.78 is 5.22. The molecule has 1 heterocycles. The van der Waals surface area contributed by atoms with Gasteiger partial charge < -0.3 is 4.74 Å². The monoisotopic (exact) mass is 344 g/mol. The zero-order valence-corrected chi connectivity index (χ0v) is 15.8. The van der Waals surface area contributed by atoms with Crippen molar-refractivity contribution in [3.05, 3.63) is 72.9 Å². The molecule has 0 bridgehead atoms. The standard InChI is InChI=1S/C22H32OS/c1-2-3-4-5-6-7-8-9-10-11-12-13-14-15-16-17-18-19-20-21-22(24)23-21/h3-4,6-7,9-10,12-13,15-16,18-19,21-22,24H,2,5,8,11,14,17,20H2,1H3. The summed E-state index contributed by atoms with van der Waals surface area (Å²) in [6.45, 7) is 2.16. The minimum atomic E-state index is 0.170. The highest BCUT2D eigenvalue weighted by Gasteiger charge is 2.33. The lowest BCUT2D eigenvalue weighted by Crippen LogP contribution is -1.82. The van der Waals surface area contributed by atoms with Crippen LogP contribution in [-0.2, 0) is 4.74 Å². The maximum atomic E-state index is 5.22. The smallest absolute Gasteiger partial charge is 0.127 e. The highest BCUT2D eigenvalue weighted by Crippen LogP contribution is 2.28. The van der Waals surface area contributed by atoms with Gasteiger partial charge >= 0.3 is 0 Å². The first-order valence-electron chi connectivity index (χ1n) is 9.08. The molecule has 0 saturated carbocycles. The van der Waals surface area contributed by atoms with Crippen LogP contribution in [0.1, 0.15) is 51.9 Å². The minimum Gasteiger partial charge on any atom is -0.358 e. The normalized spacial score (nSPS) is 21.8. The van der Waals surface area contributed by atoms with Crippen LogP contribution in [0.15, 0.2) is 72.9 Å². The third-order valence-electron chi connectivity index (χ3n) is 3.52. The Hall–Kier alpha value is -1.25. The van der Waals surface area contributed by atoms with Crippen LogP contribution in [0.5, 0.6) is 0 Å². The van der Waals surface area contributed by atoms with Crippen molar-refractivity contribution >= 4 is 12.6 Å². The molecule has 0 aromatic rings. The van der Waals surface area contributed by atoms with Gasteiger partial charge in [-0.1, -0.05) is 79.8 Å². The molecule has 0 aromatic carbocycles. The van der Waals surface area contributed by atoms with Crippen LogP contribution >= 0.6 is 12.6 Å². The van der Waals surface area contributed by atoms with Gasteiger partial charge in [0, 0.05) is 0 Å². The fourth-order valence-electron chi connectivity index (χ4n) is 2.06. The van der Waals surface area contributed by atoms with Crippen LogP contribution in [0.25, 0.3) is 0 Å². The topological polar surface area (TPSA) is 12.5 Å². The van der Waals surface area contributed by atoms with Crippen LogP contribution in [0.3, 0.4) is 0 Å². The zero-order valence-electron chi connectivity index (χ0n) is 14.9. The molecule has 2 atom stereocenters. The summed E-state index contributed by atoms with van der Waals surface area (Å²) in [6.07, 6.45) is 34.1. The summed E-state index contributed by atoms with van der Waals surface area (Å²) in [5, 5.41) is 0. The lowest BCUT2D eigenvalue weighted by atomic mass is 10.2. The summed E-state index contributed by atoms with van der Waals surface area (Å²) in [4.78, 5) is 0. The average Bonchev–Trinajstić information content (AvgIpc) is 3.29. The van der Waals surface area contributed by atoms with E-state index in [4.69, 9.17) is 4.74 Å². The van der Waals surface area contributed by atoms with Crippen molar-refractivity contribution in [2.75, 3.05) is 0 Å². The summed E-state index contributed by atoms with van der Waals surface area (Å²) in [5.41, 5.74) is 0.170. The van der Waals surface area contributed by atoms with Crippen molar-refractivity contribution in [1.82, 2.24) is 0 Å². The molecule has 0 radical (unpaired) electrons.